The molecule has 1 heterocycles. The van der Waals surface area contributed by atoms with E-state index in [-0.39, 0.29) is 12.5 Å². The fourth-order valence-electron chi connectivity index (χ4n) is 4.48. The Morgan fingerprint density at radius 3 is 2.66 bits per heavy atom. The van der Waals surface area contributed by atoms with E-state index in [0.29, 0.717) is 27.1 Å². The molecule has 1 N–H and O–H groups in total. The third-order valence-corrected chi connectivity index (χ3v) is 8.52. The van der Waals surface area contributed by atoms with Gasteiger partial charge in [-0.1, -0.05) is 48.0 Å². The third kappa shape index (κ3) is 6.06. The van der Waals surface area contributed by atoms with Gasteiger partial charge in [-0.3, -0.25) is 4.79 Å². The molecule has 4 aromatic rings. The number of carbonyl (C=O) groups is 1. The molecule has 0 atom stereocenters. The van der Waals surface area contributed by atoms with E-state index in [9.17, 15) is 4.79 Å². The van der Waals surface area contributed by atoms with E-state index < -0.39 is 0 Å². The molecule has 1 aliphatic carbocycles. The van der Waals surface area contributed by atoms with Crippen molar-refractivity contribution in [3.05, 3.63) is 102 Å². The quantitative estimate of drug-likeness (QED) is 0.153. The molecule has 194 valence electrons. The standard InChI is InChI=1S/C30H26ClIN2O3S/c1-36-25-16-21(32)15-20(28(25)37-18-19-9-5-7-13-24(19)31)17-33-30-27(23-12-6-8-14-26(23)38-30)29(35)34-22-10-3-2-4-11-22/h2-5,7,9-11,13,15-17H,6,8,12,14,18H2,1H3,(H,34,35). The van der Waals surface area contributed by atoms with E-state index in [1.165, 1.54) is 4.88 Å². The van der Waals surface area contributed by atoms with Gasteiger partial charge >= 0.3 is 0 Å². The molecule has 3 aromatic carbocycles. The van der Waals surface area contributed by atoms with Gasteiger partial charge in [0.25, 0.3) is 5.91 Å². The average Bonchev–Trinajstić information content (AvgIpc) is 3.31. The number of rotatable bonds is 8. The summed E-state index contributed by atoms with van der Waals surface area (Å²) in [7, 11) is 1.62. The van der Waals surface area contributed by atoms with Crippen LogP contribution < -0.4 is 14.8 Å². The largest absolute Gasteiger partial charge is 0.493 e. The zero-order valence-electron chi connectivity index (χ0n) is 20.8. The maximum atomic E-state index is 13.5. The normalized spacial score (nSPS) is 12.8. The van der Waals surface area contributed by atoms with E-state index in [2.05, 4.69) is 27.9 Å². The van der Waals surface area contributed by atoms with Crippen LogP contribution in [0.2, 0.25) is 5.02 Å². The predicted octanol–water partition coefficient (Wildman–Crippen LogP) is 8.48. The number of aryl methyl sites for hydroxylation is 1. The number of ether oxygens (including phenoxy) is 2. The Kier molecular flexibility index (Phi) is 8.66. The van der Waals surface area contributed by atoms with Crippen LogP contribution >= 0.6 is 45.5 Å². The summed E-state index contributed by atoms with van der Waals surface area (Å²) in [5.74, 6) is 1.06. The van der Waals surface area contributed by atoms with E-state index in [4.69, 9.17) is 26.1 Å². The number of hydrogen-bond acceptors (Lipinski definition) is 5. The summed E-state index contributed by atoms with van der Waals surface area (Å²) in [5.41, 5.74) is 4.20. The fourth-order valence-corrected chi connectivity index (χ4v) is 6.52. The second kappa shape index (κ2) is 12.3. The molecule has 0 bridgehead atoms. The number of amides is 1. The summed E-state index contributed by atoms with van der Waals surface area (Å²) in [6.07, 6.45) is 5.84. The van der Waals surface area contributed by atoms with Gasteiger partial charge in [-0.15, -0.1) is 11.3 Å². The van der Waals surface area contributed by atoms with Gasteiger partial charge in [0.1, 0.15) is 11.6 Å². The molecule has 0 saturated heterocycles. The first-order valence-corrected chi connectivity index (χ1v) is 14.6. The number of thiophene rings is 1. The van der Waals surface area contributed by atoms with Crippen molar-refractivity contribution in [2.45, 2.75) is 32.3 Å². The molecular weight excluding hydrogens is 631 g/mol. The molecule has 1 amide bonds. The molecule has 1 aliphatic rings. The summed E-state index contributed by atoms with van der Waals surface area (Å²) in [6, 6.07) is 21.0. The second-order valence-corrected chi connectivity index (χ2v) is 11.6. The number of nitrogens with zero attached hydrogens (tertiary/aromatic N) is 1. The molecule has 0 unspecified atom stereocenters. The number of aliphatic imine (C=N–C) groups is 1. The van der Waals surface area contributed by atoms with Crippen molar-refractivity contribution in [2.24, 2.45) is 4.99 Å². The van der Waals surface area contributed by atoms with Crippen molar-refractivity contribution >= 4 is 68.3 Å². The van der Waals surface area contributed by atoms with Crippen LogP contribution in [0.1, 0.15) is 44.8 Å². The van der Waals surface area contributed by atoms with Gasteiger partial charge in [0.2, 0.25) is 0 Å². The number of methoxy groups -OCH3 is 1. The number of hydrogen-bond donors (Lipinski definition) is 1. The van der Waals surface area contributed by atoms with Gasteiger partial charge in [0, 0.05) is 36.5 Å². The van der Waals surface area contributed by atoms with Crippen molar-refractivity contribution in [1.29, 1.82) is 0 Å². The molecule has 0 spiro atoms. The van der Waals surface area contributed by atoms with Crippen LogP contribution in [0, 0.1) is 3.57 Å². The molecule has 5 rings (SSSR count). The van der Waals surface area contributed by atoms with Crippen molar-refractivity contribution in [2.75, 3.05) is 12.4 Å². The van der Waals surface area contributed by atoms with E-state index in [1.807, 2.05) is 66.7 Å². The SMILES string of the molecule is COc1cc(I)cc(C=Nc2sc3c(c2C(=O)Nc2ccccc2)CCCC3)c1OCc1ccccc1Cl. The van der Waals surface area contributed by atoms with Gasteiger partial charge in [0.15, 0.2) is 11.5 Å². The number of halogens is 2. The number of nitrogens with one attached hydrogen (secondary N) is 1. The van der Waals surface area contributed by atoms with Crippen LogP contribution in [0.15, 0.2) is 71.7 Å². The zero-order valence-corrected chi connectivity index (χ0v) is 24.5. The first kappa shape index (κ1) is 26.7. The first-order valence-electron chi connectivity index (χ1n) is 12.3. The lowest BCUT2D eigenvalue weighted by Crippen LogP contribution is -2.14. The van der Waals surface area contributed by atoms with Crippen LogP contribution in [-0.2, 0) is 19.4 Å². The summed E-state index contributed by atoms with van der Waals surface area (Å²) < 4.78 is 12.9. The highest BCUT2D eigenvalue weighted by Gasteiger charge is 2.25. The summed E-state index contributed by atoms with van der Waals surface area (Å²) in [5, 5.41) is 4.40. The lowest BCUT2D eigenvalue weighted by atomic mass is 9.95. The van der Waals surface area contributed by atoms with Crippen molar-refractivity contribution in [3.63, 3.8) is 0 Å². The minimum Gasteiger partial charge on any atom is -0.493 e. The number of carbonyl (C=O) groups excluding carboxylic acids is 1. The molecule has 0 fully saturated rings. The summed E-state index contributed by atoms with van der Waals surface area (Å²) >= 11 is 10.2. The van der Waals surface area contributed by atoms with Crippen LogP contribution in [0.5, 0.6) is 11.5 Å². The number of para-hydroxylation sites is 1. The third-order valence-electron chi connectivity index (χ3n) is 6.33. The Balaban J connectivity index is 1.49. The maximum Gasteiger partial charge on any atom is 0.259 e. The van der Waals surface area contributed by atoms with Crippen LogP contribution in [0.4, 0.5) is 10.7 Å². The van der Waals surface area contributed by atoms with Crippen molar-refractivity contribution < 1.29 is 14.3 Å². The van der Waals surface area contributed by atoms with E-state index in [0.717, 1.165) is 51.6 Å². The van der Waals surface area contributed by atoms with Gasteiger partial charge in [-0.05, 0) is 84.2 Å². The van der Waals surface area contributed by atoms with Gasteiger partial charge < -0.3 is 14.8 Å². The summed E-state index contributed by atoms with van der Waals surface area (Å²) in [6.45, 7) is 0.287. The molecule has 5 nitrogen and oxygen atoms in total. The van der Waals surface area contributed by atoms with E-state index >= 15 is 0 Å². The Hall–Kier alpha value is -2.88. The molecule has 0 saturated carbocycles. The fraction of sp³-hybridized carbons (Fsp3) is 0.200. The highest BCUT2D eigenvalue weighted by molar-refractivity contribution is 14.1. The molecule has 1 aromatic heterocycles. The molecule has 0 radical (unpaired) electrons. The monoisotopic (exact) mass is 656 g/mol. The van der Waals surface area contributed by atoms with Gasteiger partial charge in [-0.2, -0.15) is 0 Å². The second-order valence-electron chi connectivity index (χ2n) is 8.88. The van der Waals surface area contributed by atoms with Gasteiger partial charge in [0.05, 0.1) is 12.7 Å². The number of fused-ring (bicyclic) bond motifs is 1. The molecule has 8 heteroatoms. The molecule has 38 heavy (non-hydrogen) atoms. The van der Waals surface area contributed by atoms with Crippen LogP contribution in [0.3, 0.4) is 0 Å². The highest BCUT2D eigenvalue weighted by Crippen LogP contribution is 2.41. The van der Waals surface area contributed by atoms with Gasteiger partial charge in [-0.25, -0.2) is 4.99 Å². The van der Waals surface area contributed by atoms with Crippen molar-refractivity contribution in [3.8, 4) is 11.5 Å². The smallest absolute Gasteiger partial charge is 0.259 e. The topological polar surface area (TPSA) is 59.9 Å². The summed E-state index contributed by atoms with van der Waals surface area (Å²) in [4.78, 5) is 19.6. The minimum atomic E-state index is -0.127. The Morgan fingerprint density at radius 1 is 1.11 bits per heavy atom. The van der Waals surface area contributed by atoms with E-state index in [1.54, 1.807) is 24.7 Å². The number of anilines is 1. The number of benzene rings is 3. The Morgan fingerprint density at radius 2 is 1.87 bits per heavy atom. The molecule has 0 aliphatic heterocycles. The van der Waals surface area contributed by atoms with Crippen molar-refractivity contribution in [1.82, 2.24) is 0 Å². The van der Waals surface area contributed by atoms with Crippen LogP contribution in [0.25, 0.3) is 0 Å². The predicted molar refractivity (Wildman–Crippen MR) is 164 cm³/mol. The van der Waals surface area contributed by atoms with Crippen LogP contribution in [-0.4, -0.2) is 19.2 Å². The zero-order chi connectivity index (χ0) is 26.5. The highest BCUT2D eigenvalue weighted by atomic mass is 127. The maximum absolute atomic E-state index is 13.5. The lowest BCUT2D eigenvalue weighted by molar-refractivity contribution is 0.102. The Bertz CT molecular complexity index is 1490. The minimum absolute atomic E-state index is 0.127. The lowest BCUT2D eigenvalue weighted by Gasteiger charge is -2.15. The average molecular weight is 657 g/mol. The first-order chi connectivity index (χ1) is 18.5. The molecular formula is C30H26ClIN2O3S. The Labute approximate surface area is 245 Å².